The van der Waals surface area contributed by atoms with E-state index in [1.54, 1.807) is 0 Å². The van der Waals surface area contributed by atoms with Gasteiger partial charge < -0.3 is 4.90 Å². The predicted molar refractivity (Wildman–Crippen MR) is 79.3 cm³/mol. The van der Waals surface area contributed by atoms with Gasteiger partial charge in [-0.05, 0) is 32.3 Å². The summed E-state index contributed by atoms with van der Waals surface area (Å²) >= 11 is 0. The molecule has 0 atom stereocenters. The Labute approximate surface area is 112 Å². The van der Waals surface area contributed by atoms with Gasteiger partial charge in [0.25, 0.3) is 0 Å². The monoisotopic (exact) mass is 246 g/mol. The van der Waals surface area contributed by atoms with Crippen molar-refractivity contribution in [1.29, 1.82) is 5.41 Å². The molecule has 0 aliphatic carbocycles. The van der Waals surface area contributed by atoms with Crippen LogP contribution in [0.25, 0.3) is 0 Å². The first-order valence-corrected chi connectivity index (χ1v) is 7.05. The van der Waals surface area contributed by atoms with Crippen LogP contribution in [-0.4, -0.2) is 23.8 Å². The van der Waals surface area contributed by atoms with Crippen LogP contribution in [0.3, 0.4) is 0 Å². The van der Waals surface area contributed by atoms with Crippen LogP contribution in [0.2, 0.25) is 0 Å². The van der Waals surface area contributed by atoms with Crippen LogP contribution in [-0.2, 0) is 5.41 Å². The van der Waals surface area contributed by atoms with Crippen molar-refractivity contribution in [2.45, 2.75) is 46.0 Å². The molecule has 18 heavy (non-hydrogen) atoms. The van der Waals surface area contributed by atoms with E-state index in [1.807, 2.05) is 6.07 Å². The Balaban J connectivity index is 3.19. The number of hydrogen-bond acceptors (Lipinski definition) is 1. The predicted octanol–water partition coefficient (Wildman–Crippen LogP) is 4.06. The first kappa shape index (κ1) is 14.7. The second-order valence-corrected chi connectivity index (χ2v) is 4.68. The molecule has 0 bridgehead atoms. The third-order valence-corrected chi connectivity index (χ3v) is 4.07. The highest BCUT2D eigenvalue weighted by Gasteiger charge is 2.35. The lowest BCUT2D eigenvalue weighted by atomic mass is 9.74. The second-order valence-electron chi connectivity index (χ2n) is 4.68. The van der Waals surface area contributed by atoms with E-state index in [0.717, 1.165) is 31.8 Å². The van der Waals surface area contributed by atoms with Gasteiger partial charge in [0, 0.05) is 13.1 Å². The summed E-state index contributed by atoms with van der Waals surface area (Å²) in [6.45, 7) is 10.4. The van der Waals surface area contributed by atoms with Crippen LogP contribution in [0.15, 0.2) is 30.3 Å². The fourth-order valence-electron chi connectivity index (χ4n) is 2.73. The van der Waals surface area contributed by atoms with Gasteiger partial charge in [0.1, 0.15) is 5.84 Å². The van der Waals surface area contributed by atoms with Crippen LogP contribution in [0.1, 0.15) is 46.1 Å². The molecule has 0 spiro atoms. The van der Waals surface area contributed by atoms with Gasteiger partial charge >= 0.3 is 0 Å². The molecule has 2 nitrogen and oxygen atoms in total. The van der Waals surface area contributed by atoms with Gasteiger partial charge in [-0.2, -0.15) is 0 Å². The Morgan fingerprint density at radius 1 is 1.00 bits per heavy atom. The van der Waals surface area contributed by atoms with E-state index >= 15 is 0 Å². The quantitative estimate of drug-likeness (QED) is 0.594. The third kappa shape index (κ3) is 2.58. The minimum absolute atomic E-state index is 0.132. The topological polar surface area (TPSA) is 27.1 Å². The van der Waals surface area contributed by atoms with Crippen molar-refractivity contribution in [3.8, 4) is 0 Å². The number of hydrogen-bond donors (Lipinski definition) is 1. The normalized spacial score (nSPS) is 11.3. The first-order valence-electron chi connectivity index (χ1n) is 7.05. The molecule has 1 rings (SSSR count). The number of rotatable bonds is 6. The highest BCUT2D eigenvalue weighted by molar-refractivity contribution is 5.90. The Hall–Kier alpha value is -1.31. The number of amidine groups is 1. The number of nitrogens with one attached hydrogen (secondary N) is 1. The van der Waals surface area contributed by atoms with Crippen LogP contribution >= 0.6 is 0 Å². The molecule has 0 aromatic heterocycles. The van der Waals surface area contributed by atoms with Gasteiger partial charge in [0.2, 0.25) is 0 Å². The van der Waals surface area contributed by atoms with Gasteiger partial charge in [-0.25, -0.2) is 0 Å². The lowest BCUT2D eigenvalue weighted by Crippen LogP contribution is -2.45. The van der Waals surface area contributed by atoms with Crippen molar-refractivity contribution < 1.29 is 0 Å². The smallest absolute Gasteiger partial charge is 0.107 e. The van der Waals surface area contributed by atoms with E-state index in [-0.39, 0.29) is 5.41 Å². The largest absolute Gasteiger partial charge is 0.360 e. The van der Waals surface area contributed by atoms with Crippen molar-refractivity contribution in [2.24, 2.45) is 0 Å². The van der Waals surface area contributed by atoms with Gasteiger partial charge in [-0.1, -0.05) is 44.2 Å². The van der Waals surface area contributed by atoms with Gasteiger partial charge in [-0.3, -0.25) is 5.41 Å². The van der Waals surface area contributed by atoms with Crippen molar-refractivity contribution >= 4 is 5.84 Å². The summed E-state index contributed by atoms with van der Waals surface area (Å²) < 4.78 is 0. The van der Waals surface area contributed by atoms with E-state index in [1.165, 1.54) is 5.56 Å². The molecule has 0 fully saturated rings. The molecular weight excluding hydrogens is 220 g/mol. The van der Waals surface area contributed by atoms with Gasteiger partial charge in [-0.15, -0.1) is 0 Å². The molecule has 100 valence electrons. The van der Waals surface area contributed by atoms with Crippen molar-refractivity contribution in [1.82, 2.24) is 4.90 Å². The molecule has 0 amide bonds. The highest BCUT2D eigenvalue weighted by atomic mass is 15.2. The van der Waals surface area contributed by atoms with Crippen LogP contribution in [0.5, 0.6) is 0 Å². The second kappa shape index (κ2) is 6.58. The summed E-state index contributed by atoms with van der Waals surface area (Å²) in [7, 11) is 0. The Morgan fingerprint density at radius 2 is 1.50 bits per heavy atom. The number of nitrogens with zero attached hydrogens (tertiary/aromatic N) is 1. The maximum Gasteiger partial charge on any atom is 0.107 e. The van der Waals surface area contributed by atoms with E-state index in [2.05, 4.69) is 56.9 Å². The average Bonchev–Trinajstić information content (AvgIpc) is 2.43. The average molecular weight is 246 g/mol. The summed E-state index contributed by atoms with van der Waals surface area (Å²) in [6.07, 6.45) is 1.95. The van der Waals surface area contributed by atoms with E-state index in [4.69, 9.17) is 5.41 Å². The summed E-state index contributed by atoms with van der Waals surface area (Å²) in [4.78, 5) is 2.17. The van der Waals surface area contributed by atoms with Crippen molar-refractivity contribution in [3.05, 3.63) is 35.9 Å². The van der Waals surface area contributed by atoms with E-state index < -0.39 is 0 Å². The minimum atomic E-state index is -0.132. The summed E-state index contributed by atoms with van der Waals surface area (Å²) in [5.74, 6) is 0.767. The van der Waals surface area contributed by atoms with Crippen molar-refractivity contribution in [2.75, 3.05) is 13.1 Å². The zero-order chi connectivity index (χ0) is 13.6. The first-order chi connectivity index (χ1) is 8.66. The standard InChI is InChI=1S/C16H26N2/c1-5-16(6-2,14-12-10-9-11-13-14)15(17)18(7-3)8-4/h9-13,17H,5-8H2,1-4H3. The SMILES string of the molecule is CCN(CC)C(=N)C(CC)(CC)c1ccccc1. The Kier molecular flexibility index (Phi) is 5.39. The fourth-order valence-corrected chi connectivity index (χ4v) is 2.73. The Morgan fingerprint density at radius 3 is 1.89 bits per heavy atom. The Bertz CT molecular complexity index is 362. The molecule has 1 aromatic rings. The molecule has 0 aliphatic heterocycles. The number of benzene rings is 1. The molecule has 0 radical (unpaired) electrons. The molecule has 1 aromatic carbocycles. The molecule has 0 aliphatic rings. The number of likely N-dealkylation sites (N-methyl/N-ethyl adjacent to an activating group) is 1. The van der Waals surface area contributed by atoms with Crippen molar-refractivity contribution in [3.63, 3.8) is 0 Å². The minimum Gasteiger partial charge on any atom is -0.360 e. The zero-order valence-electron chi connectivity index (χ0n) is 12.2. The lowest BCUT2D eigenvalue weighted by molar-refractivity contribution is 0.390. The lowest BCUT2D eigenvalue weighted by Gasteiger charge is -2.38. The molecule has 0 heterocycles. The van der Waals surface area contributed by atoms with Crippen LogP contribution in [0.4, 0.5) is 0 Å². The van der Waals surface area contributed by atoms with Crippen LogP contribution < -0.4 is 0 Å². The van der Waals surface area contributed by atoms with E-state index in [9.17, 15) is 0 Å². The summed E-state index contributed by atoms with van der Waals surface area (Å²) in [6, 6.07) is 10.5. The van der Waals surface area contributed by atoms with Gasteiger partial charge in [0.15, 0.2) is 0 Å². The zero-order valence-corrected chi connectivity index (χ0v) is 12.2. The summed E-state index contributed by atoms with van der Waals surface area (Å²) in [5.41, 5.74) is 1.14. The van der Waals surface area contributed by atoms with Gasteiger partial charge in [0.05, 0.1) is 5.41 Å². The molecule has 0 unspecified atom stereocenters. The maximum atomic E-state index is 8.61. The molecule has 0 saturated carbocycles. The molecule has 1 N–H and O–H groups in total. The fraction of sp³-hybridized carbons (Fsp3) is 0.562. The molecular formula is C16H26N2. The highest BCUT2D eigenvalue weighted by Crippen LogP contribution is 2.33. The molecule has 2 heteroatoms. The molecule has 0 saturated heterocycles. The van der Waals surface area contributed by atoms with Crippen LogP contribution in [0, 0.1) is 5.41 Å². The maximum absolute atomic E-state index is 8.61. The van der Waals surface area contributed by atoms with E-state index in [0.29, 0.717) is 0 Å². The summed E-state index contributed by atoms with van der Waals surface area (Å²) in [5, 5.41) is 8.61. The third-order valence-electron chi connectivity index (χ3n) is 4.07.